The van der Waals surface area contributed by atoms with Gasteiger partial charge in [0.2, 0.25) is 0 Å². The van der Waals surface area contributed by atoms with Crippen LogP contribution in [0.3, 0.4) is 0 Å². The molecule has 8 nitrogen and oxygen atoms in total. The molecule has 1 aromatic heterocycles. The number of carboxylic acids is 1. The summed E-state index contributed by atoms with van der Waals surface area (Å²) in [5.41, 5.74) is 6.01. The number of pyridine rings is 1. The van der Waals surface area contributed by atoms with Crippen molar-refractivity contribution in [1.29, 1.82) is 0 Å². The van der Waals surface area contributed by atoms with Gasteiger partial charge in [0.1, 0.15) is 6.54 Å². The van der Waals surface area contributed by atoms with Crippen molar-refractivity contribution in [3.8, 4) is 0 Å². The van der Waals surface area contributed by atoms with Crippen LogP contribution in [0.1, 0.15) is 57.1 Å². The van der Waals surface area contributed by atoms with Gasteiger partial charge in [-0.1, -0.05) is 44.2 Å². The van der Waals surface area contributed by atoms with Crippen molar-refractivity contribution in [3.05, 3.63) is 102 Å². The molecule has 0 saturated heterocycles. The standard InChI is InChI=1S/C34H41N3O5S/c1-34(2)30-26-29(35(3)28-13-6-4-7-14-28)17-18-31(30)37(22-11-25-43(40,41)42)32(34)15-10-12-27-19-23-36(24-20-27)21-9-5-8-16-33(38)39/h4,6-7,10,12-15,17-20,23-24,26H,5,8-9,11,16,21-22,25H2,1-3H3,(H-,38,39,40,41,42). The Hall–Kier alpha value is -3.95. The first kappa shape index (κ1) is 32.0. The minimum absolute atomic E-state index is 0.215. The summed E-state index contributed by atoms with van der Waals surface area (Å²) in [5, 5.41) is 8.77. The number of aryl methyl sites for hydroxylation is 1. The number of aliphatic carboxylic acids is 1. The van der Waals surface area contributed by atoms with Crippen LogP contribution in [0, 0.1) is 0 Å². The minimum Gasteiger partial charge on any atom is -0.748 e. The molecular weight excluding hydrogens is 562 g/mol. The van der Waals surface area contributed by atoms with Crippen LogP contribution in [-0.2, 0) is 26.9 Å². The molecule has 0 bridgehead atoms. The molecule has 2 aromatic carbocycles. The number of carbonyl (C=O) groups is 1. The van der Waals surface area contributed by atoms with E-state index in [1.807, 2.05) is 61.9 Å². The van der Waals surface area contributed by atoms with Crippen molar-refractivity contribution in [2.75, 3.05) is 29.1 Å². The van der Waals surface area contributed by atoms with Gasteiger partial charge in [-0.15, -0.1) is 0 Å². The second kappa shape index (κ2) is 14.0. The maximum atomic E-state index is 11.4. The van der Waals surface area contributed by atoms with Crippen LogP contribution in [0.15, 0.2) is 90.9 Å². The summed E-state index contributed by atoms with van der Waals surface area (Å²) >= 11 is 0. The van der Waals surface area contributed by atoms with E-state index in [4.69, 9.17) is 5.11 Å². The van der Waals surface area contributed by atoms with Gasteiger partial charge in [0.05, 0.1) is 10.1 Å². The van der Waals surface area contributed by atoms with Gasteiger partial charge in [-0.25, -0.2) is 13.0 Å². The largest absolute Gasteiger partial charge is 0.748 e. The average Bonchev–Trinajstić information content (AvgIpc) is 3.18. The highest BCUT2D eigenvalue weighted by Gasteiger charge is 2.40. The summed E-state index contributed by atoms with van der Waals surface area (Å²) in [6.07, 6.45) is 13.2. The van der Waals surface area contributed by atoms with E-state index >= 15 is 0 Å². The molecule has 3 aromatic rings. The van der Waals surface area contributed by atoms with Crippen LogP contribution in [0.2, 0.25) is 0 Å². The lowest BCUT2D eigenvalue weighted by molar-refractivity contribution is -0.697. The van der Waals surface area contributed by atoms with Crippen LogP contribution < -0.4 is 14.4 Å². The number of hydrogen-bond acceptors (Lipinski definition) is 6. The summed E-state index contributed by atoms with van der Waals surface area (Å²) in [4.78, 5) is 14.9. The van der Waals surface area contributed by atoms with Crippen molar-refractivity contribution in [3.63, 3.8) is 0 Å². The normalized spacial score (nSPS) is 15.3. The molecule has 1 N–H and O–H groups in total. The monoisotopic (exact) mass is 603 g/mol. The molecule has 0 amide bonds. The Morgan fingerprint density at radius 2 is 1.72 bits per heavy atom. The summed E-state index contributed by atoms with van der Waals surface area (Å²) in [6.45, 7) is 5.60. The van der Waals surface area contributed by atoms with E-state index in [-0.39, 0.29) is 18.3 Å². The molecule has 1 aliphatic rings. The summed E-state index contributed by atoms with van der Waals surface area (Å²) in [7, 11) is -2.26. The quantitative estimate of drug-likeness (QED) is 0.137. The highest BCUT2D eigenvalue weighted by Crippen LogP contribution is 2.49. The van der Waals surface area contributed by atoms with Gasteiger partial charge < -0.3 is 19.5 Å². The maximum Gasteiger partial charge on any atom is 0.303 e. The lowest BCUT2D eigenvalue weighted by Gasteiger charge is -2.27. The Morgan fingerprint density at radius 3 is 2.40 bits per heavy atom. The molecule has 0 spiro atoms. The fraction of sp³-hybridized carbons (Fsp3) is 0.353. The topological polar surface area (TPSA) is 105 Å². The van der Waals surface area contributed by atoms with Crippen LogP contribution in [-0.4, -0.2) is 43.4 Å². The third kappa shape index (κ3) is 8.55. The molecule has 9 heteroatoms. The number of fused-ring (bicyclic) bond motifs is 1. The number of rotatable bonds is 14. The fourth-order valence-electron chi connectivity index (χ4n) is 5.54. The maximum absolute atomic E-state index is 11.4. The Labute approximate surface area is 255 Å². The third-order valence-corrected chi connectivity index (χ3v) is 8.74. The van der Waals surface area contributed by atoms with Crippen molar-refractivity contribution in [2.45, 2.75) is 57.9 Å². The number of aromatic nitrogens is 1. The molecule has 1 aliphatic heterocycles. The van der Waals surface area contributed by atoms with Crippen molar-refractivity contribution < 1.29 is 27.4 Å². The molecular formula is C34H41N3O5S. The first-order chi connectivity index (χ1) is 20.5. The van der Waals surface area contributed by atoms with Gasteiger partial charge in [-0.05, 0) is 66.8 Å². The van der Waals surface area contributed by atoms with Gasteiger partial charge >= 0.3 is 5.97 Å². The molecule has 0 saturated carbocycles. The molecule has 0 aliphatic carbocycles. The molecule has 0 radical (unpaired) electrons. The minimum atomic E-state index is -4.30. The Morgan fingerprint density at radius 1 is 1.00 bits per heavy atom. The van der Waals surface area contributed by atoms with Gasteiger partial charge in [0.15, 0.2) is 12.4 Å². The summed E-state index contributed by atoms with van der Waals surface area (Å²) < 4.78 is 36.2. The number of hydrogen-bond donors (Lipinski definition) is 1. The van der Waals surface area contributed by atoms with Gasteiger partial charge in [0.25, 0.3) is 0 Å². The first-order valence-electron chi connectivity index (χ1n) is 14.7. The number of nitrogens with zero attached hydrogens (tertiary/aromatic N) is 3. The number of unbranched alkanes of at least 4 members (excludes halogenated alkanes) is 2. The zero-order chi connectivity index (χ0) is 31.0. The second-order valence-electron chi connectivity index (χ2n) is 11.5. The molecule has 228 valence electrons. The van der Waals surface area contributed by atoms with E-state index in [1.165, 1.54) is 0 Å². The molecule has 2 heterocycles. The van der Waals surface area contributed by atoms with Crippen molar-refractivity contribution >= 4 is 39.2 Å². The van der Waals surface area contributed by atoms with Crippen molar-refractivity contribution in [2.24, 2.45) is 0 Å². The molecule has 0 fully saturated rings. The van der Waals surface area contributed by atoms with Crippen LogP contribution in [0.25, 0.3) is 6.08 Å². The Balaban J connectivity index is 1.54. The van der Waals surface area contributed by atoms with E-state index in [2.05, 4.69) is 64.6 Å². The highest BCUT2D eigenvalue weighted by atomic mass is 32.2. The fourth-order valence-corrected chi connectivity index (χ4v) is 6.02. The van der Waals surface area contributed by atoms with E-state index in [0.717, 1.165) is 53.3 Å². The van der Waals surface area contributed by atoms with Crippen LogP contribution in [0.4, 0.5) is 17.1 Å². The third-order valence-electron chi connectivity index (χ3n) is 7.95. The predicted molar refractivity (Wildman–Crippen MR) is 170 cm³/mol. The smallest absolute Gasteiger partial charge is 0.303 e. The number of allylic oxidation sites excluding steroid dienone is 3. The second-order valence-corrected chi connectivity index (χ2v) is 13.0. The molecule has 0 unspecified atom stereocenters. The van der Waals surface area contributed by atoms with E-state index in [0.29, 0.717) is 13.0 Å². The van der Waals surface area contributed by atoms with Gasteiger partial charge in [-0.3, -0.25) is 4.79 Å². The lowest BCUT2D eigenvalue weighted by atomic mass is 9.83. The molecule has 0 atom stereocenters. The molecule has 43 heavy (non-hydrogen) atoms. The SMILES string of the molecule is CN(c1ccccc1)c1ccc2c(c1)C(C)(C)/C(=C\C=C\c1cc[n+](CCCCCC(=O)O)cc1)N2CCCS(=O)(=O)[O-]. The van der Waals surface area contributed by atoms with Crippen molar-refractivity contribution in [1.82, 2.24) is 0 Å². The highest BCUT2D eigenvalue weighted by molar-refractivity contribution is 7.85. The zero-order valence-electron chi connectivity index (χ0n) is 25.1. The zero-order valence-corrected chi connectivity index (χ0v) is 26.0. The lowest BCUT2D eigenvalue weighted by Crippen LogP contribution is -2.32. The first-order valence-corrected chi connectivity index (χ1v) is 16.3. The van der Waals surface area contributed by atoms with E-state index in [9.17, 15) is 17.8 Å². The Bertz CT molecular complexity index is 1570. The predicted octanol–water partition coefficient (Wildman–Crippen LogP) is 6.02. The number of para-hydroxylation sites is 1. The molecule has 4 rings (SSSR count). The van der Waals surface area contributed by atoms with E-state index in [1.54, 1.807) is 0 Å². The average molecular weight is 604 g/mol. The number of anilines is 3. The summed E-state index contributed by atoms with van der Waals surface area (Å²) in [6, 6.07) is 20.6. The van der Waals surface area contributed by atoms with E-state index < -0.39 is 21.8 Å². The van der Waals surface area contributed by atoms with Gasteiger partial charge in [0, 0.05) is 72.5 Å². The summed E-state index contributed by atoms with van der Waals surface area (Å²) in [5.74, 6) is -1.15. The number of benzene rings is 2. The number of carboxylic acid groups (broad SMARTS) is 1. The van der Waals surface area contributed by atoms with Crippen LogP contribution >= 0.6 is 0 Å². The van der Waals surface area contributed by atoms with Crippen LogP contribution in [0.5, 0.6) is 0 Å². The van der Waals surface area contributed by atoms with Gasteiger partial charge in [-0.2, -0.15) is 0 Å². The Kier molecular flexibility index (Phi) is 10.4.